The van der Waals surface area contributed by atoms with E-state index in [0.717, 1.165) is 12.3 Å². The molecule has 13 heavy (non-hydrogen) atoms. The lowest BCUT2D eigenvalue weighted by Crippen LogP contribution is -2.41. The van der Waals surface area contributed by atoms with Crippen LogP contribution in [0.25, 0.3) is 0 Å². The second-order valence-electron chi connectivity index (χ2n) is 4.07. The lowest BCUT2D eigenvalue weighted by molar-refractivity contribution is -0.131. The maximum atomic E-state index is 11.7. The van der Waals surface area contributed by atoms with Crippen molar-refractivity contribution >= 4 is 17.7 Å². The van der Waals surface area contributed by atoms with Gasteiger partial charge >= 0.3 is 0 Å². The fraction of sp³-hybridized carbons (Fsp3) is 0.889. The Balaban J connectivity index is 1.91. The zero-order chi connectivity index (χ0) is 9.42. The van der Waals surface area contributed by atoms with Crippen molar-refractivity contribution in [3.63, 3.8) is 0 Å². The van der Waals surface area contributed by atoms with Crippen molar-refractivity contribution in [3.8, 4) is 0 Å². The smallest absolute Gasteiger partial charge is 0.224 e. The van der Waals surface area contributed by atoms with Crippen LogP contribution < -0.4 is 5.73 Å². The standard InChI is InChI=1S/C9H16N2OS/c1-6(10)2-9(12)11-4-8-3-7(11)5-13-8/h6-8H,2-5,10H2,1H3. The Labute approximate surface area is 83.0 Å². The number of hydrogen-bond donors (Lipinski definition) is 1. The summed E-state index contributed by atoms with van der Waals surface area (Å²) in [6, 6.07) is 0.514. The van der Waals surface area contributed by atoms with E-state index in [9.17, 15) is 4.79 Å². The number of carbonyl (C=O) groups excluding carboxylic acids is 1. The van der Waals surface area contributed by atoms with E-state index in [1.54, 1.807) is 0 Å². The first-order chi connectivity index (χ1) is 6.16. The van der Waals surface area contributed by atoms with Gasteiger partial charge in [0.15, 0.2) is 0 Å². The van der Waals surface area contributed by atoms with Crippen LogP contribution in [0.15, 0.2) is 0 Å². The highest BCUT2D eigenvalue weighted by molar-refractivity contribution is 8.00. The maximum absolute atomic E-state index is 11.7. The van der Waals surface area contributed by atoms with E-state index in [1.807, 2.05) is 23.6 Å². The van der Waals surface area contributed by atoms with Gasteiger partial charge in [0.25, 0.3) is 0 Å². The Morgan fingerprint density at radius 2 is 2.54 bits per heavy atom. The van der Waals surface area contributed by atoms with Crippen molar-refractivity contribution < 1.29 is 4.79 Å². The molecular weight excluding hydrogens is 184 g/mol. The molecule has 4 heteroatoms. The highest BCUT2D eigenvalue weighted by Crippen LogP contribution is 2.37. The van der Waals surface area contributed by atoms with Gasteiger partial charge in [-0.1, -0.05) is 0 Å². The Hall–Kier alpha value is -0.220. The molecule has 2 aliphatic heterocycles. The quantitative estimate of drug-likeness (QED) is 0.703. The number of nitrogens with two attached hydrogens (primary N) is 1. The summed E-state index contributed by atoms with van der Waals surface area (Å²) in [6.45, 7) is 2.85. The third-order valence-electron chi connectivity index (χ3n) is 2.72. The molecule has 0 aromatic carbocycles. The zero-order valence-corrected chi connectivity index (χ0v) is 8.72. The molecule has 3 nitrogen and oxygen atoms in total. The molecule has 2 rings (SSSR count). The van der Waals surface area contributed by atoms with Crippen molar-refractivity contribution in [2.24, 2.45) is 5.73 Å². The molecule has 0 aromatic heterocycles. The molecule has 2 N–H and O–H groups in total. The molecule has 3 atom stereocenters. The van der Waals surface area contributed by atoms with Gasteiger partial charge in [-0.15, -0.1) is 0 Å². The average molecular weight is 200 g/mol. The number of nitrogens with zero attached hydrogens (tertiary/aromatic N) is 1. The van der Waals surface area contributed by atoms with Crippen LogP contribution in [-0.4, -0.2) is 40.4 Å². The largest absolute Gasteiger partial charge is 0.338 e. The first kappa shape index (κ1) is 9.34. The van der Waals surface area contributed by atoms with Crippen LogP contribution in [0, 0.1) is 0 Å². The van der Waals surface area contributed by atoms with E-state index >= 15 is 0 Å². The second kappa shape index (κ2) is 3.50. The lowest BCUT2D eigenvalue weighted by Gasteiger charge is -2.27. The van der Waals surface area contributed by atoms with E-state index in [-0.39, 0.29) is 11.9 Å². The molecule has 0 saturated carbocycles. The molecule has 2 saturated heterocycles. The topological polar surface area (TPSA) is 46.3 Å². The first-order valence-electron chi connectivity index (χ1n) is 4.83. The molecule has 3 unspecified atom stereocenters. The SMILES string of the molecule is CC(N)CC(=O)N1CC2CC1CS2. The van der Waals surface area contributed by atoms with Gasteiger partial charge in [0.1, 0.15) is 0 Å². The minimum atomic E-state index is -0.000667. The predicted molar refractivity (Wildman–Crippen MR) is 54.6 cm³/mol. The summed E-state index contributed by atoms with van der Waals surface area (Å²) in [7, 11) is 0. The molecule has 2 bridgehead atoms. The third-order valence-corrected chi connectivity index (χ3v) is 4.11. The van der Waals surface area contributed by atoms with Gasteiger partial charge in [0.05, 0.1) is 0 Å². The van der Waals surface area contributed by atoms with Gasteiger partial charge in [-0.2, -0.15) is 11.8 Å². The Morgan fingerprint density at radius 3 is 3.00 bits per heavy atom. The predicted octanol–water partition coefficient (Wildman–Crippen LogP) is 0.440. The lowest BCUT2D eigenvalue weighted by atomic mass is 10.2. The first-order valence-corrected chi connectivity index (χ1v) is 5.88. The fourth-order valence-corrected chi connectivity index (χ4v) is 3.53. The van der Waals surface area contributed by atoms with Crippen molar-refractivity contribution in [1.29, 1.82) is 0 Å². The summed E-state index contributed by atoms with van der Waals surface area (Å²) in [4.78, 5) is 13.7. The van der Waals surface area contributed by atoms with Crippen LogP contribution in [0.5, 0.6) is 0 Å². The number of hydrogen-bond acceptors (Lipinski definition) is 3. The van der Waals surface area contributed by atoms with E-state index < -0.39 is 0 Å². The van der Waals surface area contributed by atoms with Crippen molar-refractivity contribution in [3.05, 3.63) is 0 Å². The number of fused-ring (bicyclic) bond motifs is 2. The van der Waals surface area contributed by atoms with Gasteiger partial charge in [-0.05, 0) is 13.3 Å². The minimum Gasteiger partial charge on any atom is -0.338 e. The monoisotopic (exact) mass is 200 g/mol. The van der Waals surface area contributed by atoms with Gasteiger partial charge < -0.3 is 10.6 Å². The van der Waals surface area contributed by atoms with E-state index in [2.05, 4.69) is 0 Å². The van der Waals surface area contributed by atoms with Gasteiger partial charge in [-0.25, -0.2) is 0 Å². The van der Waals surface area contributed by atoms with Crippen molar-refractivity contribution in [1.82, 2.24) is 4.90 Å². The second-order valence-corrected chi connectivity index (χ2v) is 5.41. The minimum absolute atomic E-state index is 0.000667. The molecule has 0 aliphatic carbocycles. The molecule has 1 amide bonds. The number of rotatable bonds is 2. The van der Waals surface area contributed by atoms with Crippen LogP contribution >= 0.6 is 11.8 Å². The fourth-order valence-electron chi connectivity index (χ4n) is 2.10. The van der Waals surface area contributed by atoms with Crippen LogP contribution in [0.3, 0.4) is 0 Å². The van der Waals surface area contributed by atoms with Gasteiger partial charge in [0.2, 0.25) is 5.91 Å². The Kier molecular flexibility index (Phi) is 2.51. The molecular formula is C9H16N2OS. The van der Waals surface area contributed by atoms with Crippen molar-refractivity contribution in [2.75, 3.05) is 12.3 Å². The Morgan fingerprint density at radius 1 is 1.77 bits per heavy atom. The molecule has 0 radical (unpaired) electrons. The molecule has 2 heterocycles. The summed E-state index contributed by atoms with van der Waals surface area (Å²) >= 11 is 2.01. The molecule has 2 aliphatic rings. The van der Waals surface area contributed by atoms with Crippen LogP contribution in [-0.2, 0) is 4.79 Å². The number of likely N-dealkylation sites (tertiary alicyclic amines) is 1. The summed E-state index contributed by atoms with van der Waals surface area (Å²) in [5.41, 5.74) is 5.61. The summed E-state index contributed by atoms with van der Waals surface area (Å²) in [6.07, 6.45) is 1.71. The molecule has 2 fully saturated rings. The van der Waals surface area contributed by atoms with Crippen LogP contribution in [0.4, 0.5) is 0 Å². The van der Waals surface area contributed by atoms with Gasteiger partial charge in [-0.3, -0.25) is 4.79 Å². The summed E-state index contributed by atoms with van der Waals surface area (Å²) < 4.78 is 0. The number of amides is 1. The zero-order valence-electron chi connectivity index (χ0n) is 7.90. The van der Waals surface area contributed by atoms with E-state index in [1.165, 1.54) is 6.42 Å². The van der Waals surface area contributed by atoms with Gasteiger partial charge in [0, 0.05) is 36.1 Å². The number of thioether (sulfide) groups is 1. The van der Waals surface area contributed by atoms with E-state index in [4.69, 9.17) is 5.73 Å². The number of carbonyl (C=O) groups is 1. The Bertz CT molecular complexity index is 220. The highest BCUT2D eigenvalue weighted by Gasteiger charge is 2.40. The summed E-state index contributed by atoms with van der Waals surface area (Å²) in [5, 5.41) is 0.710. The van der Waals surface area contributed by atoms with Crippen LogP contribution in [0.2, 0.25) is 0 Å². The average Bonchev–Trinajstić information content (AvgIpc) is 2.62. The highest BCUT2D eigenvalue weighted by atomic mass is 32.2. The summed E-state index contributed by atoms with van der Waals surface area (Å²) in [5.74, 6) is 1.39. The third kappa shape index (κ3) is 1.83. The normalized spacial score (nSPS) is 33.8. The molecule has 74 valence electrons. The van der Waals surface area contributed by atoms with E-state index in [0.29, 0.717) is 17.7 Å². The molecule has 0 aromatic rings. The van der Waals surface area contributed by atoms with Crippen molar-refractivity contribution in [2.45, 2.75) is 37.1 Å². The maximum Gasteiger partial charge on any atom is 0.224 e. The van der Waals surface area contributed by atoms with Crippen LogP contribution in [0.1, 0.15) is 19.8 Å². The molecule has 0 spiro atoms.